The number of benzene rings is 2. The van der Waals surface area contributed by atoms with E-state index in [1.54, 1.807) is 30.3 Å². The number of hydrogen-bond acceptors (Lipinski definition) is 6. The number of aliphatic hydroxyl groups excluding tert-OH is 2. The minimum Gasteiger partial charge on any atom is -0.496 e. The maximum absolute atomic E-state index is 10.8. The molecule has 0 saturated heterocycles. The Hall–Kier alpha value is -1.82. The van der Waals surface area contributed by atoms with Crippen molar-refractivity contribution >= 4 is 11.0 Å². The van der Waals surface area contributed by atoms with Gasteiger partial charge in [-0.15, -0.1) is 0 Å². The number of imidazole rings is 1. The second-order valence-electron chi connectivity index (χ2n) is 7.71. The number of rotatable bonds is 6. The number of hydrogen-bond donors (Lipinski definition) is 2. The van der Waals surface area contributed by atoms with Crippen molar-refractivity contribution in [2.75, 3.05) is 7.11 Å². The predicted molar refractivity (Wildman–Crippen MR) is 124 cm³/mol. The Labute approximate surface area is 252 Å². The molecule has 0 aliphatic carbocycles. The number of pyridine rings is 1. The Bertz CT molecular complexity index is 1450. The molecule has 8 nitrogen and oxygen atoms in total. The molecule has 10 heteroatoms. The van der Waals surface area contributed by atoms with Gasteiger partial charge < -0.3 is 19.5 Å². The first kappa shape index (κ1) is 27.8. The summed E-state index contributed by atoms with van der Waals surface area (Å²) in [4.78, 5) is 8.85. The van der Waals surface area contributed by atoms with Gasteiger partial charge in [0.05, 0.1) is 7.11 Å². The van der Waals surface area contributed by atoms with Gasteiger partial charge in [-0.2, -0.15) is 5.10 Å². The van der Waals surface area contributed by atoms with Crippen molar-refractivity contribution in [3.8, 4) is 28.1 Å². The summed E-state index contributed by atoms with van der Waals surface area (Å²) >= 11 is 0. The van der Waals surface area contributed by atoms with Crippen molar-refractivity contribution in [1.29, 1.82) is 0 Å². The SMILES string of the molecule is COc1ccccc1-c1nn(CO)c2ncc(-c3cccc(C(O)c4nccn4C)c3)cc12.[Pa].[Y]. The monoisotopic (exact) mass is 761 g/mol. The minimum atomic E-state index is -0.845. The predicted octanol–water partition coefficient (Wildman–Crippen LogP) is 3.54. The first-order chi connectivity index (χ1) is 16.1. The molecule has 1 atom stereocenters. The Morgan fingerprint density at radius 1 is 1.03 bits per heavy atom. The van der Waals surface area contributed by atoms with E-state index in [1.165, 1.54) is 4.68 Å². The standard InChI is InChI=1S/C25H23N5O3.Pa.Y/c1-29-11-10-26-25(29)23(32)17-7-5-6-16(12-17)18-13-20-22(19-8-3-4-9-21(19)33-2)28-30(15-31)24(20)27-14-18;;/h3-14,23,31-32H,15H2,1-2H3;;. The number of para-hydroxylation sites is 1. The van der Waals surface area contributed by atoms with E-state index in [-0.39, 0.29) is 71.7 Å². The molecule has 0 fully saturated rings. The zero-order chi connectivity index (χ0) is 22.9. The molecule has 0 saturated carbocycles. The van der Waals surface area contributed by atoms with Gasteiger partial charge in [0.1, 0.15) is 30.1 Å². The number of aryl methyl sites for hydroxylation is 1. The molecule has 5 rings (SSSR count). The molecule has 0 aliphatic rings. The van der Waals surface area contributed by atoms with Gasteiger partial charge in [-0.1, -0.05) is 30.3 Å². The summed E-state index contributed by atoms with van der Waals surface area (Å²) in [5.41, 5.74) is 4.57. The topological polar surface area (TPSA) is 98.2 Å². The van der Waals surface area contributed by atoms with Crippen LogP contribution in [0.15, 0.2) is 73.2 Å². The van der Waals surface area contributed by atoms with E-state index in [0.717, 1.165) is 27.6 Å². The van der Waals surface area contributed by atoms with Gasteiger partial charge in [-0.25, -0.2) is 14.6 Å². The van der Waals surface area contributed by atoms with E-state index in [9.17, 15) is 10.2 Å². The third-order valence-electron chi connectivity index (χ3n) is 5.72. The van der Waals surface area contributed by atoms with Crippen LogP contribution in [0.4, 0.5) is 0 Å². The smallest absolute Gasteiger partial charge is 0.160 e. The van der Waals surface area contributed by atoms with Crippen molar-refractivity contribution in [3.05, 3.63) is 84.6 Å². The van der Waals surface area contributed by atoms with Crippen LogP contribution < -0.4 is 4.74 Å². The van der Waals surface area contributed by atoms with Crippen LogP contribution in [0.25, 0.3) is 33.4 Å². The summed E-state index contributed by atoms with van der Waals surface area (Å²) in [6.07, 6.45) is 4.37. The number of aliphatic hydroxyl groups is 2. The second-order valence-corrected chi connectivity index (χ2v) is 7.71. The Kier molecular flexibility index (Phi) is 9.48. The first-order valence-corrected chi connectivity index (χ1v) is 10.5. The van der Waals surface area contributed by atoms with Gasteiger partial charge in [-0.3, -0.25) is 0 Å². The summed E-state index contributed by atoms with van der Waals surface area (Å²) in [5.74, 6) is 1.26. The van der Waals surface area contributed by atoms with E-state index in [2.05, 4.69) is 15.1 Å². The van der Waals surface area contributed by atoms with Crippen LogP contribution >= 0.6 is 0 Å². The molecule has 0 aliphatic heterocycles. The maximum atomic E-state index is 10.8. The summed E-state index contributed by atoms with van der Waals surface area (Å²) in [7, 11) is 3.47. The third-order valence-corrected chi connectivity index (χ3v) is 5.72. The van der Waals surface area contributed by atoms with E-state index in [0.29, 0.717) is 22.9 Å². The molecule has 172 valence electrons. The first-order valence-electron chi connectivity index (χ1n) is 10.5. The van der Waals surface area contributed by atoms with Gasteiger partial charge in [0.15, 0.2) is 5.65 Å². The van der Waals surface area contributed by atoms with Crippen LogP contribution in [-0.4, -0.2) is 41.6 Å². The molecule has 2 aromatic carbocycles. The van der Waals surface area contributed by atoms with Crippen molar-refractivity contribution in [3.63, 3.8) is 0 Å². The van der Waals surface area contributed by atoms with E-state index >= 15 is 0 Å². The van der Waals surface area contributed by atoms with E-state index in [1.807, 2.05) is 61.6 Å². The zero-order valence-corrected chi connectivity index (χ0v) is 27.1. The average molecular weight is 761 g/mol. The minimum absolute atomic E-state index is 0. The van der Waals surface area contributed by atoms with Crippen LogP contribution in [0.1, 0.15) is 17.5 Å². The van der Waals surface area contributed by atoms with Crippen LogP contribution in [-0.2, 0) is 46.5 Å². The largest absolute Gasteiger partial charge is 0.496 e. The number of methoxy groups -OCH3 is 1. The van der Waals surface area contributed by atoms with Gasteiger partial charge >= 0.3 is 0 Å². The van der Waals surface area contributed by atoms with E-state index < -0.39 is 6.10 Å². The maximum Gasteiger partial charge on any atom is 0.160 e. The molecule has 2 radical (unpaired) electrons. The fourth-order valence-electron chi connectivity index (χ4n) is 4.03. The Balaban J connectivity index is 0.00000171. The van der Waals surface area contributed by atoms with Gasteiger partial charge in [0.2, 0.25) is 0 Å². The molecule has 0 spiro atoms. The third kappa shape index (κ3) is 5.33. The molecular weight excluding hydrogens is 738 g/mol. The number of nitrogens with zero attached hydrogens (tertiary/aromatic N) is 5. The molecular formula is C25H23N5O3PaY. The van der Waals surface area contributed by atoms with Gasteiger partial charge in [0, 0.05) is 107 Å². The van der Waals surface area contributed by atoms with Crippen molar-refractivity contribution in [2.45, 2.75) is 12.8 Å². The van der Waals surface area contributed by atoms with Crippen molar-refractivity contribution < 1.29 is 80.0 Å². The Morgan fingerprint density at radius 2 is 1.83 bits per heavy atom. The molecule has 2 N–H and O–H groups in total. The van der Waals surface area contributed by atoms with E-state index in [4.69, 9.17) is 4.74 Å². The van der Waals surface area contributed by atoms with Crippen LogP contribution in [0.2, 0.25) is 0 Å². The molecule has 35 heavy (non-hydrogen) atoms. The molecule has 5 aromatic rings. The van der Waals surface area contributed by atoms with Crippen LogP contribution in [0, 0.1) is 32.3 Å². The number of aromatic nitrogens is 5. The zero-order valence-electron chi connectivity index (χ0n) is 19.4. The summed E-state index contributed by atoms with van der Waals surface area (Å²) in [5, 5.41) is 26.0. The van der Waals surface area contributed by atoms with Crippen LogP contribution in [0.5, 0.6) is 5.75 Å². The molecule has 3 heterocycles. The molecule has 0 bridgehead atoms. The van der Waals surface area contributed by atoms with Gasteiger partial charge in [0.25, 0.3) is 0 Å². The molecule has 3 aromatic heterocycles. The molecule has 1 unspecified atom stereocenters. The van der Waals surface area contributed by atoms with Gasteiger partial charge in [-0.05, 0) is 35.4 Å². The summed E-state index contributed by atoms with van der Waals surface area (Å²) < 4.78 is 8.79. The summed E-state index contributed by atoms with van der Waals surface area (Å²) in [6.45, 7) is -0.288. The Morgan fingerprint density at radius 3 is 2.54 bits per heavy atom. The summed E-state index contributed by atoms with van der Waals surface area (Å²) in [6, 6.07) is 17.3. The average Bonchev–Trinajstić information content (AvgIpc) is 3.46. The fraction of sp³-hybridized carbons (Fsp3) is 0.160. The normalized spacial score (nSPS) is 11.5. The number of fused-ring (bicyclic) bond motifs is 1. The molecule has 0 amide bonds. The quantitative estimate of drug-likeness (QED) is 0.275. The fourth-order valence-corrected chi connectivity index (χ4v) is 4.03. The second kappa shape index (κ2) is 11.9. The van der Waals surface area contributed by atoms with Crippen LogP contribution in [0.3, 0.4) is 0 Å². The van der Waals surface area contributed by atoms with Crippen molar-refractivity contribution in [2.24, 2.45) is 7.05 Å². The number of ether oxygens (including phenoxy) is 1. The van der Waals surface area contributed by atoms with Crippen molar-refractivity contribution in [1.82, 2.24) is 24.3 Å².